The van der Waals surface area contributed by atoms with E-state index < -0.39 is 0 Å². The van der Waals surface area contributed by atoms with Crippen molar-refractivity contribution in [3.8, 4) is 11.4 Å². The van der Waals surface area contributed by atoms with Crippen molar-refractivity contribution < 1.29 is 4.79 Å². The molecule has 3 aromatic rings. The number of nitrogens with zero attached hydrogens (tertiary/aromatic N) is 4. The lowest BCUT2D eigenvalue weighted by atomic mass is 9.94. The number of hydrogen-bond acceptors (Lipinski definition) is 3. The second kappa shape index (κ2) is 6.59. The third-order valence-electron chi connectivity index (χ3n) is 6.20. The largest absolute Gasteiger partial charge is 0.340 e. The van der Waals surface area contributed by atoms with E-state index >= 15 is 0 Å². The van der Waals surface area contributed by atoms with Gasteiger partial charge in [0.25, 0.3) is 0 Å². The number of rotatable bonds is 4. The lowest BCUT2D eigenvalue weighted by Crippen LogP contribution is -2.38. The molecule has 1 aliphatic carbocycles. The van der Waals surface area contributed by atoms with Gasteiger partial charge in [0.15, 0.2) is 0 Å². The molecule has 5 heteroatoms. The first-order valence-electron chi connectivity index (χ1n) is 9.98. The van der Waals surface area contributed by atoms with Crippen molar-refractivity contribution in [2.24, 2.45) is 0 Å². The van der Waals surface area contributed by atoms with E-state index in [1.165, 1.54) is 5.56 Å². The molecule has 28 heavy (non-hydrogen) atoms. The standard InChI is InChI=1S/C23H24N4O/c1-17-14-25-21(18-6-5-12-24-15-18)27(17)20-9-13-26(16-20)22(28)23(10-11-23)19-7-3-2-4-8-19/h2-8,12,14-15,20H,9-11,13,16H2,1H3. The van der Waals surface area contributed by atoms with Crippen molar-refractivity contribution in [2.45, 2.75) is 37.6 Å². The molecule has 0 N–H and O–H groups in total. The van der Waals surface area contributed by atoms with E-state index in [0.29, 0.717) is 5.91 Å². The van der Waals surface area contributed by atoms with Gasteiger partial charge in [-0.1, -0.05) is 30.3 Å². The average molecular weight is 372 g/mol. The molecular formula is C23H24N4O. The number of benzene rings is 1. The first-order chi connectivity index (χ1) is 13.7. The van der Waals surface area contributed by atoms with E-state index in [1.807, 2.05) is 42.7 Å². The monoisotopic (exact) mass is 372 g/mol. The Morgan fingerprint density at radius 2 is 1.93 bits per heavy atom. The third kappa shape index (κ3) is 2.73. The van der Waals surface area contributed by atoms with Crippen LogP contribution in [-0.2, 0) is 10.2 Å². The fourth-order valence-electron chi connectivity index (χ4n) is 4.56. The Hall–Kier alpha value is -2.95. The lowest BCUT2D eigenvalue weighted by molar-refractivity contribution is -0.133. The molecule has 3 heterocycles. The van der Waals surface area contributed by atoms with Crippen molar-refractivity contribution >= 4 is 5.91 Å². The molecule has 142 valence electrons. The van der Waals surface area contributed by atoms with Crippen LogP contribution in [0.15, 0.2) is 61.1 Å². The summed E-state index contributed by atoms with van der Waals surface area (Å²) >= 11 is 0. The molecule has 1 amide bonds. The molecule has 1 unspecified atom stereocenters. The number of aromatic nitrogens is 3. The zero-order valence-electron chi connectivity index (χ0n) is 16.1. The SMILES string of the molecule is Cc1cnc(-c2cccnc2)n1C1CCN(C(=O)C2(c3ccccc3)CC2)C1. The van der Waals surface area contributed by atoms with E-state index in [0.717, 1.165) is 49.4 Å². The van der Waals surface area contributed by atoms with Gasteiger partial charge in [-0.25, -0.2) is 4.98 Å². The highest BCUT2D eigenvalue weighted by atomic mass is 16.2. The van der Waals surface area contributed by atoms with Crippen LogP contribution in [0.3, 0.4) is 0 Å². The first kappa shape index (κ1) is 17.2. The molecule has 1 saturated carbocycles. The van der Waals surface area contributed by atoms with Crippen LogP contribution in [0.4, 0.5) is 0 Å². The number of pyridine rings is 1. The summed E-state index contributed by atoms with van der Waals surface area (Å²) in [6.45, 7) is 3.64. The van der Waals surface area contributed by atoms with Crippen molar-refractivity contribution in [3.63, 3.8) is 0 Å². The Morgan fingerprint density at radius 1 is 1.11 bits per heavy atom. The summed E-state index contributed by atoms with van der Waals surface area (Å²) in [5.41, 5.74) is 3.02. The maximum absolute atomic E-state index is 13.4. The highest BCUT2D eigenvalue weighted by Gasteiger charge is 2.53. The molecule has 5 nitrogen and oxygen atoms in total. The first-order valence-corrected chi connectivity index (χ1v) is 9.98. The van der Waals surface area contributed by atoms with Gasteiger partial charge in [-0.05, 0) is 43.9 Å². The molecular weight excluding hydrogens is 348 g/mol. The molecule has 0 radical (unpaired) electrons. The number of carbonyl (C=O) groups excluding carboxylic acids is 1. The van der Waals surface area contributed by atoms with Gasteiger partial charge in [-0.3, -0.25) is 9.78 Å². The predicted molar refractivity (Wildman–Crippen MR) is 108 cm³/mol. The molecule has 1 atom stereocenters. The topological polar surface area (TPSA) is 51.0 Å². The van der Waals surface area contributed by atoms with Crippen LogP contribution in [0.5, 0.6) is 0 Å². The molecule has 2 aromatic heterocycles. The van der Waals surface area contributed by atoms with Crippen molar-refractivity contribution in [2.75, 3.05) is 13.1 Å². The second-order valence-electron chi connectivity index (χ2n) is 7.98. The lowest BCUT2D eigenvalue weighted by Gasteiger charge is -2.24. The average Bonchev–Trinajstić information content (AvgIpc) is 3.26. The summed E-state index contributed by atoms with van der Waals surface area (Å²) < 4.78 is 2.28. The van der Waals surface area contributed by atoms with Crippen molar-refractivity contribution in [1.29, 1.82) is 0 Å². The Kier molecular flexibility index (Phi) is 4.04. The molecule has 5 rings (SSSR count). The number of amides is 1. The molecule has 0 bridgehead atoms. The maximum atomic E-state index is 13.4. The van der Waals surface area contributed by atoms with Gasteiger partial charge in [0.1, 0.15) is 5.82 Å². The summed E-state index contributed by atoms with van der Waals surface area (Å²) in [6.07, 6.45) is 8.42. The Bertz CT molecular complexity index is 992. The summed E-state index contributed by atoms with van der Waals surface area (Å²) in [5.74, 6) is 1.23. The van der Waals surface area contributed by atoms with Crippen LogP contribution in [0.25, 0.3) is 11.4 Å². The van der Waals surface area contributed by atoms with Crippen LogP contribution in [0, 0.1) is 6.92 Å². The van der Waals surface area contributed by atoms with Gasteiger partial charge in [-0.2, -0.15) is 0 Å². The number of aryl methyl sites for hydroxylation is 1. The molecule has 2 aliphatic rings. The van der Waals surface area contributed by atoms with Crippen molar-refractivity contribution in [1.82, 2.24) is 19.4 Å². The second-order valence-corrected chi connectivity index (χ2v) is 7.98. The van der Waals surface area contributed by atoms with Crippen LogP contribution < -0.4 is 0 Å². The summed E-state index contributed by atoms with van der Waals surface area (Å²) in [4.78, 5) is 24.3. The normalized spacial score (nSPS) is 20.3. The van der Waals surface area contributed by atoms with Crippen LogP contribution in [-0.4, -0.2) is 38.4 Å². The quantitative estimate of drug-likeness (QED) is 0.701. The molecule has 1 aliphatic heterocycles. The maximum Gasteiger partial charge on any atom is 0.233 e. The van der Waals surface area contributed by atoms with Gasteiger partial charge in [-0.15, -0.1) is 0 Å². The number of carbonyl (C=O) groups is 1. The Labute approximate surface area is 165 Å². The van der Waals surface area contributed by atoms with E-state index in [1.54, 1.807) is 6.20 Å². The van der Waals surface area contributed by atoms with E-state index in [-0.39, 0.29) is 11.5 Å². The van der Waals surface area contributed by atoms with Gasteiger partial charge in [0.05, 0.1) is 11.5 Å². The van der Waals surface area contributed by atoms with Gasteiger partial charge in [0.2, 0.25) is 5.91 Å². The zero-order valence-corrected chi connectivity index (χ0v) is 16.1. The number of imidazole rings is 1. The van der Waals surface area contributed by atoms with E-state index in [9.17, 15) is 4.79 Å². The highest BCUT2D eigenvalue weighted by Crippen LogP contribution is 2.50. The minimum atomic E-state index is -0.285. The van der Waals surface area contributed by atoms with Crippen LogP contribution in [0.2, 0.25) is 0 Å². The zero-order chi connectivity index (χ0) is 19.1. The van der Waals surface area contributed by atoms with Crippen LogP contribution in [0.1, 0.15) is 36.6 Å². The van der Waals surface area contributed by atoms with Gasteiger partial charge in [0, 0.05) is 42.9 Å². The minimum absolute atomic E-state index is 0.258. The predicted octanol–water partition coefficient (Wildman–Crippen LogP) is 3.76. The van der Waals surface area contributed by atoms with E-state index in [2.05, 4.69) is 38.5 Å². The number of likely N-dealkylation sites (tertiary alicyclic amines) is 1. The fourth-order valence-corrected chi connectivity index (χ4v) is 4.56. The minimum Gasteiger partial charge on any atom is -0.340 e. The third-order valence-corrected chi connectivity index (χ3v) is 6.20. The summed E-state index contributed by atoms with van der Waals surface area (Å²) in [6, 6.07) is 14.5. The molecule has 0 spiro atoms. The molecule has 1 aromatic carbocycles. The van der Waals surface area contributed by atoms with Crippen LogP contribution >= 0.6 is 0 Å². The molecule has 2 fully saturated rings. The van der Waals surface area contributed by atoms with Gasteiger partial charge >= 0.3 is 0 Å². The highest BCUT2D eigenvalue weighted by molar-refractivity contribution is 5.91. The molecule has 1 saturated heterocycles. The summed E-state index contributed by atoms with van der Waals surface area (Å²) in [5, 5.41) is 0. The summed E-state index contributed by atoms with van der Waals surface area (Å²) in [7, 11) is 0. The Morgan fingerprint density at radius 3 is 2.64 bits per heavy atom. The fraction of sp³-hybridized carbons (Fsp3) is 0.348. The van der Waals surface area contributed by atoms with E-state index in [4.69, 9.17) is 0 Å². The number of hydrogen-bond donors (Lipinski definition) is 0. The van der Waals surface area contributed by atoms with Gasteiger partial charge < -0.3 is 9.47 Å². The Balaban J connectivity index is 1.39. The van der Waals surface area contributed by atoms with Crippen molar-refractivity contribution in [3.05, 3.63) is 72.3 Å². The smallest absolute Gasteiger partial charge is 0.233 e.